The Labute approximate surface area is 120 Å². The number of anilines is 1. The fourth-order valence-corrected chi connectivity index (χ4v) is 2.89. The molecule has 2 aromatic rings. The lowest BCUT2D eigenvalue weighted by Crippen LogP contribution is -2.30. The summed E-state index contributed by atoms with van der Waals surface area (Å²) in [5.41, 5.74) is 0.751. The van der Waals surface area contributed by atoms with Crippen LogP contribution >= 0.6 is 0 Å². The maximum Gasteiger partial charge on any atom is 0.391 e. The number of nitrogens with one attached hydrogen (secondary N) is 1. The topological polar surface area (TPSA) is 42.2 Å². The fraction of sp³-hybridized carbons (Fsp3) is 0.571. The van der Waals surface area contributed by atoms with Gasteiger partial charge in [0.2, 0.25) is 0 Å². The molecule has 0 unspecified atom stereocenters. The van der Waals surface area contributed by atoms with Gasteiger partial charge in [-0.15, -0.1) is 0 Å². The normalized spacial score (nSPS) is 23.4. The summed E-state index contributed by atoms with van der Waals surface area (Å²) in [7, 11) is 0. The quantitative estimate of drug-likeness (QED) is 0.943. The summed E-state index contributed by atoms with van der Waals surface area (Å²) in [4.78, 5) is 4.22. The van der Waals surface area contributed by atoms with Gasteiger partial charge in [0, 0.05) is 12.7 Å². The van der Waals surface area contributed by atoms with E-state index in [0.29, 0.717) is 19.4 Å². The lowest BCUT2D eigenvalue weighted by atomic mass is 9.81. The van der Waals surface area contributed by atoms with Gasteiger partial charge in [-0.25, -0.2) is 4.98 Å². The molecule has 21 heavy (non-hydrogen) atoms. The average molecular weight is 298 g/mol. The predicted molar refractivity (Wildman–Crippen MR) is 73.0 cm³/mol. The molecule has 1 aliphatic carbocycles. The Balaban J connectivity index is 1.55. The van der Waals surface area contributed by atoms with Crippen LogP contribution in [-0.4, -0.2) is 27.3 Å². The second kappa shape index (κ2) is 5.54. The third-order valence-electron chi connectivity index (χ3n) is 4.16. The standard InChI is InChI=1S/C14H17F3N4/c15-14(16,17)11-5-3-10(4-6-11)8-18-13-9-19-12-2-1-7-20-21(12)13/h1-2,7,9-11,18H,3-6,8H2. The number of nitrogens with zero attached hydrogens (tertiary/aromatic N) is 3. The van der Waals surface area contributed by atoms with Gasteiger partial charge >= 0.3 is 6.18 Å². The molecule has 1 N–H and O–H groups in total. The first-order valence-electron chi connectivity index (χ1n) is 7.13. The number of halogens is 3. The summed E-state index contributed by atoms with van der Waals surface area (Å²) < 4.78 is 39.5. The van der Waals surface area contributed by atoms with Crippen LogP contribution in [0.4, 0.5) is 19.0 Å². The van der Waals surface area contributed by atoms with Crippen molar-refractivity contribution in [1.82, 2.24) is 14.6 Å². The molecule has 0 radical (unpaired) electrons. The maximum absolute atomic E-state index is 12.6. The van der Waals surface area contributed by atoms with E-state index in [9.17, 15) is 13.2 Å². The number of aromatic nitrogens is 3. The van der Waals surface area contributed by atoms with Gasteiger partial charge in [-0.3, -0.25) is 0 Å². The zero-order chi connectivity index (χ0) is 14.9. The van der Waals surface area contributed by atoms with Gasteiger partial charge in [0.15, 0.2) is 5.65 Å². The highest BCUT2D eigenvalue weighted by Gasteiger charge is 2.41. The third-order valence-corrected chi connectivity index (χ3v) is 4.16. The van der Waals surface area contributed by atoms with Crippen molar-refractivity contribution >= 4 is 11.5 Å². The molecule has 3 rings (SSSR count). The molecular weight excluding hydrogens is 281 g/mol. The molecule has 0 amide bonds. The second-order valence-corrected chi connectivity index (χ2v) is 5.58. The van der Waals surface area contributed by atoms with E-state index in [0.717, 1.165) is 11.5 Å². The number of fused-ring (bicyclic) bond motifs is 1. The highest BCUT2D eigenvalue weighted by atomic mass is 19.4. The van der Waals surface area contributed by atoms with E-state index >= 15 is 0 Å². The van der Waals surface area contributed by atoms with E-state index in [2.05, 4.69) is 15.4 Å². The van der Waals surface area contributed by atoms with Crippen molar-refractivity contribution in [3.63, 3.8) is 0 Å². The van der Waals surface area contributed by atoms with Crippen molar-refractivity contribution in [2.45, 2.75) is 31.9 Å². The zero-order valence-corrected chi connectivity index (χ0v) is 11.5. The highest BCUT2D eigenvalue weighted by molar-refractivity contribution is 5.47. The van der Waals surface area contributed by atoms with Crippen molar-refractivity contribution in [2.75, 3.05) is 11.9 Å². The highest BCUT2D eigenvalue weighted by Crippen LogP contribution is 2.39. The summed E-state index contributed by atoms with van der Waals surface area (Å²) in [6.07, 6.45) is 1.03. The van der Waals surface area contributed by atoms with E-state index in [-0.39, 0.29) is 18.8 Å². The number of hydrogen-bond donors (Lipinski definition) is 1. The first kappa shape index (κ1) is 14.2. The van der Waals surface area contributed by atoms with Crippen LogP contribution in [-0.2, 0) is 0 Å². The number of alkyl halides is 3. The molecule has 0 saturated heterocycles. The summed E-state index contributed by atoms with van der Waals surface area (Å²) in [6.45, 7) is 0.662. The second-order valence-electron chi connectivity index (χ2n) is 5.58. The molecule has 0 aromatic carbocycles. The Kier molecular flexibility index (Phi) is 3.73. The number of rotatable bonds is 3. The first-order chi connectivity index (χ1) is 10.0. The average Bonchev–Trinajstić information content (AvgIpc) is 2.88. The molecule has 4 nitrogen and oxygen atoms in total. The van der Waals surface area contributed by atoms with Gasteiger partial charge in [0.1, 0.15) is 5.82 Å². The smallest absolute Gasteiger partial charge is 0.368 e. The van der Waals surface area contributed by atoms with Crippen LogP contribution in [0.2, 0.25) is 0 Å². The minimum Gasteiger partial charge on any atom is -0.368 e. The van der Waals surface area contributed by atoms with Crippen LogP contribution in [0.5, 0.6) is 0 Å². The molecule has 7 heteroatoms. The molecule has 1 saturated carbocycles. The van der Waals surface area contributed by atoms with Crippen LogP contribution in [0, 0.1) is 11.8 Å². The maximum atomic E-state index is 12.6. The molecule has 2 aromatic heterocycles. The zero-order valence-electron chi connectivity index (χ0n) is 11.5. The molecular formula is C14H17F3N4. The van der Waals surface area contributed by atoms with E-state index in [1.807, 2.05) is 12.1 Å². The molecule has 0 spiro atoms. The molecule has 0 aliphatic heterocycles. The first-order valence-corrected chi connectivity index (χ1v) is 7.13. The summed E-state index contributed by atoms with van der Waals surface area (Å²) in [5.74, 6) is -0.0624. The monoisotopic (exact) mass is 298 g/mol. The van der Waals surface area contributed by atoms with E-state index in [1.54, 1.807) is 16.9 Å². The minimum atomic E-state index is -4.04. The van der Waals surface area contributed by atoms with Gasteiger partial charge in [-0.05, 0) is 43.7 Å². The van der Waals surface area contributed by atoms with Crippen LogP contribution < -0.4 is 5.32 Å². The van der Waals surface area contributed by atoms with Crippen molar-refractivity contribution in [3.8, 4) is 0 Å². The van der Waals surface area contributed by atoms with E-state index in [1.165, 1.54) is 0 Å². The fourth-order valence-electron chi connectivity index (χ4n) is 2.89. The molecule has 1 aliphatic rings. The van der Waals surface area contributed by atoms with Crippen molar-refractivity contribution in [1.29, 1.82) is 0 Å². The van der Waals surface area contributed by atoms with Gasteiger partial charge in [0.25, 0.3) is 0 Å². The Morgan fingerprint density at radius 3 is 2.71 bits per heavy atom. The lowest BCUT2D eigenvalue weighted by Gasteiger charge is -2.29. The van der Waals surface area contributed by atoms with Crippen LogP contribution in [0.15, 0.2) is 24.5 Å². The lowest BCUT2D eigenvalue weighted by molar-refractivity contribution is -0.183. The summed E-state index contributed by atoms with van der Waals surface area (Å²) in [6, 6.07) is 3.66. The van der Waals surface area contributed by atoms with Crippen molar-refractivity contribution in [2.24, 2.45) is 11.8 Å². The van der Waals surface area contributed by atoms with Gasteiger partial charge in [-0.1, -0.05) is 0 Å². The molecule has 2 heterocycles. The summed E-state index contributed by atoms with van der Waals surface area (Å²) >= 11 is 0. The number of imidazole rings is 1. The third kappa shape index (κ3) is 3.11. The van der Waals surface area contributed by atoms with Crippen LogP contribution in [0.1, 0.15) is 25.7 Å². The molecule has 114 valence electrons. The molecule has 0 bridgehead atoms. The van der Waals surface area contributed by atoms with Gasteiger partial charge < -0.3 is 5.32 Å². The Morgan fingerprint density at radius 1 is 1.24 bits per heavy atom. The Bertz CT molecular complexity index is 600. The number of hydrogen-bond acceptors (Lipinski definition) is 3. The summed E-state index contributed by atoms with van der Waals surface area (Å²) in [5, 5.41) is 7.44. The molecule has 0 atom stereocenters. The van der Waals surface area contributed by atoms with Crippen LogP contribution in [0.3, 0.4) is 0 Å². The molecule has 1 fully saturated rings. The Hall–Kier alpha value is -1.79. The largest absolute Gasteiger partial charge is 0.391 e. The SMILES string of the molecule is FC(F)(F)C1CCC(CNc2cnc3cccnn23)CC1. The van der Waals surface area contributed by atoms with E-state index in [4.69, 9.17) is 0 Å². The van der Waals surface area contributed by atoms with E-state index < -0.39 is 12.1 Å². The van der Waals surface area contributed by atoms with Gasteiger partial charge in [0.05, 0.1) is 12.1 Å². The minimum absolute atomic E-state index is 0.237. The predicted octanol–water partition coefficient (Wildman–Crippen LogP) is 3.51. The van der Waals surface area contributed by atoms with Gasteiger partial charge in [-0.2, -0.15) is 22.8 Å². The van der Waals surface area contributed by atoms with Crippen molar-refractivity contribution < 1.29 is 13.2 Å². The Morgan fingerprint density at radius 2 is 2.00 bits per heavy atom. The van der Waals surface area contributed by atoms with Crippen LogP contribution in [0.25, 0.3) is 5.65 Å². The van der Waals surface area contributed by atoms with Crippen molar-refractivity contribution in [3.05, 3.63) is 24.5 Å².